The van der Waals surface area contributed by atoms with Crippen molar-refractivity contribution in [2.75, 3.05) is 5.32 Å². The van der Waals surface area contributed by atoms with Gasteiger partial charge in [-0.2, -0.15) is 0 Å². The summed E-state index contributed by atoms with van der Waals surface area (Å²) in [6, 6.07) is 0.215. The Morgan fingerprint density at radius 2 is 2.28 bits per heavy atom. The lowest BCUT2D eigenvalue weighted by atomic mass is 9.99. The number of rotatable bonds is 1. The second kappa shape index (κ2) is 4.85. The Bertz CT molecular complexity index is 451. The molecule has 100 valence electrons. The molecule has 6 heteroatoms. The fraction of sp³-hybridized carbons (Fsp3) is 0.667. The summed E-state index contributed by atoms with van der Waals surface area (Å²) in [5.74, 6) is 0. The number of hydrogen-bond acceptors (Lipinski definition) is 5. The summed E-state index contributed by atoms with van der Waals surface area (Å²) in [7, 11) is 0. The highest BCUT2D eigenvalue weighted by Crippen LogP contribution is 2.29. The molecule has 0 radical (unpaired) electrons. The molecular weight excluding hydrogens is 250 g/mol. The van der Waals surface area contributed by atoms with Gasteiger partial charge in [-0.25, -0.2) is 9.78 Å². The number of nitrogens with two attached hydrogens (primary N) is 1. The average Bonchev–Trinajstić information content (AvgIpc) is 2.55. The number of aromatic nitrogens is 1. The van der Waals surface area contributed by atoms with Crippen LogP contribution >= 0.6 is 11.3 Å². The molecule has 1 aromatic heterocycles. The quantitative estimate of drug-likeness (QED) is 0.820. The molecule has 0 bridgehead atoms. The van der Waals surface area contributed by atoms with Gasteiger partial charge >= 0.3 is 6.09 Å². The van der Waals surface area contributed by atoms with Crippen molar-refractivity contribution in [3.63, 3.8) is 0 Å². The van der Waals surface area contributed by atoms with Crippen LogP contribution in [0.25, 0.3) is 0 Å². The van der Waals surface area contributed by atoms with Gasteiger partial charge in [-0.3, -0.25) is 5.32 Å². The van der Waals surface area contributed by atoms with Crippen LogP contribution in [-0.2, 0) is 17.6 Å². The van der Waals surface area contributed by atoms with Crippen molar-refractivity contribution >= 4 is 22.6 Å². The second-order valence-corrected chi connectivity index (χ2v) is 6.60. The van der Waals surface area contributed by atoms with Gasteiger partial charge in [0.2, 0.25) is 0 Å². The normalized spacial score (nSPS) is 19.2. The predicted molar refractivity (Wildman–Crippen MR) is 72.0 cm³/mol. The first-order valence-corrected chi connectivity index (χ1v) is 6.89. The molecule has 0 saturated carbocycles. The lowest BCUT2D eigenvalue weighted by Gasteiger charge is -2.18. The topological polar surface area (TPSA) is 77.2 Å². The molecule has 1 heterocycles. The number of hydrogen-bond donors (Lipinski definition) is 2. The number of nitrogens with zero attached hydrogens (tertiary/aromatic N) is 1. The van der Waals surface area contributed by atoms with Crippen molar-refractivity contribution in [2.24, 2.45) is 5.73 Å². The largest absolute Gasteiger partial charge is 0.444 e. The summed E-state index contributed by atoms with van der Waals surface area (Å²) >= 11 is 1.49. The maximum Gasteiger partial charge on any atom is 0.413 e. The lowest BCUT2D eigenvalue weighted by molar-refractivity contribution is 0.0636. The van der Waals surface area contributed by atoms with Crippen molar-refractivity contribution < 1.29 is 9.53 Å². The Balaban J connectivity index is 2.01. The van der Waals surface area contributed by atoms with Crippen molar-refractivity contribution in [2.45, 2.75) is 51.7 Å². The second-order valence-electron chi connectivity index (χ2n) is 5.52. The van der Waals surface area contributed by atoms with Crippen LogP contribution in [0.3, 0.4) is 0 Å². The Kier molecular flexibility index (Phi) is 3.59. The first kappa shape index (κ1) is 13.3. The molecule has 1 aromatic rings. The minimum Gasteiger partial charge on any atom is -0.444 e. The number of anilines is 1. The third kappa shape index (κ3) is 3.43. The van der Waals surface area contributed by atoms with E-state index in [1.807, 2.05) is 20.8 Å². The zero-order valence-electron chi connectivity index (χ0n) is 10.9. The standard InChI is InChI=1S/C12H19N3O2S/c1-12(2,3)17-11(16)15-10-14-8-5-4-7(13)6-9(8)18-10/h7H,4-6,13H2,1-3H3,(H,14,15,16)/t7-/m0/s1. The molecule has 0 aromatic carbocycles. The molecule has 5 nitrogen and oxygen atoms in total. The van der Waals surface area contributed by atoms with Crippen LogP contribution in [0.15, 0.2) is 0 Å². The van der Waals surface area contributed by atoms with Crippen LogP contribution in [-0.4, -0.2) is 22.7 Å². The average molecular weight is 269 g/mol. The molecule has 0 fully saturated rings. The molecule has 3 N–H and O–H groups in total. The summed E-state index contributed by atoms with van der Waals surface area (Å²) in [6.07, 6.45) is 2.24. The van der Waals surface area contributed by atoms with Crippen LogP contribution in [0.5, 0.6) is 0 Å². The summed E-state index contributed by atoms with van der Waals surface area (Å²) in [5, 5.41) is 3.28. The highest BCUT2D eigenvalue weighted by molar-refractivity contribution is 7.15. The van der Waals surface area contributed by atoms with Crippen LogP contribution in [0.1, 0.15) is 37.8 Å². The van der Waals surface area contributed by atoms with Crippen LogP contribution in [0.4, 0.5) is 9.93 Å². The maximum absolute atomic E-state index is 11.6. The molecule has 1 amide bonds. The van der Waals surface area contributed by atoms with E-state index in [0.29, 0.717) is 5.13 Å². The highest BCUT2D eigenvalue weighted by Gasteiger charge is 2.22. The van der Waals surface area contributed by atoms with Crippen LogP contribution in [0.2, 0.25) is 0 Å². The van der Waals surface area contributed by atoms with E-state index in [9.17, 15) is 4.79 Å². The molecule has 0 aliphatic heterocycles. The van der Waals surface area contributed by atoms with Gasteiger partial charge in [-0.15, -0.1) is 11.3 Å². The van der Waals surface area contributed by atoms with Crippen molar-refractivity contribution in [1.82, 2.24) is 4.98 Å². The Hall–Kier alpha value is -1.14. The van der Waals surface area contributed by atoms with E-state index < -0.39 is 11.7 Å². The summed E-state index contributed by atoms with van der Waals surface area (Å²) in [6.45, 7) is 5.50. The number of fused-ring (bicyclic) bond motifs is 1. The van der Waals surface area contributed by atoms with E-state index in [4.69, 9.17) is 10.5 Å². The van der Waals surface area contributed by atoms with Crippen LogP contribution < -0.4 is 11.1 Å². The predicted octanol–water partition coefficient (Wildman–Crippen LogP) is 2.31. The Morgan fingerprint density at radius 3 is 2.94 bits per heavy atom. The lowest BCUT2D eigenvalue weighted by Crippen LogP contribution is -2.27. The zero-order valence-corrected chi connectivity index (χ0v) is 11.8. The van der Waals surface area contributed by atoms with Crippen LogP contribution in [0, 0.1) is 0 Å². The van der Waals surface area contributed by atoms with Gasteiger partial charge in [0.1, 0.15) is 5.60 Å². The SMILES string of the molecule is CC(C)(C)OC(=O)Nc1nc2c(s1)C[C@@H](N)CC2. The maximum atomic E-state index is 11.6. The number of carbonyl (C=O) groups excluding carboxylic acids is 1. The third-order valence-corrected chi connectivity index (χ3v) is 3.62. The molecule has 1 aliphatic rings. The van der Waals surface area contributed by atoms with Crippen molar-refractivity contribution in [1.29, 1.82) is 0 Å². The Morgan fingerprint density at radius 1 is 1.56 bits per heavy atom. The van der Waals surface area contributed by atoms with Gasteiger partial charge in [-0.1, -0.05) is 0 Å². The number of nitrogens with one attached hydrogen (secondary N) is 1. The minimum absolute atomic E-state index is 0.215. The van der Waals surface area contributed by atoms with Crippen molar-refractivity contribution in [3.05, 3.63) is 10.6 Å². The van der Waals surface area contributed by atoms with Gasteiger partial charge < -0.3 is 10.5 Å². The smallest absolute Gasteiger partial charge is 0.413 e. The van der Waals surface area contributed by atoms with Gasteiger partial charge in [-0.05, 0) is 40.0 Å². The molecule has 2 rings (SSSR count). The summed E-state index contributed by atoms with van der Waals surface area (Å²) in [4.78, 5) is 17.2. The molecule has 1 aliphatic carbocycles. The number of thiazole rings is 1. The Labute approximate surface area is 111 Å². The minimum atomic E-state index is -0.497. The first-order chi connectivity index (χ1) is 8.33. The van der Waals surface area contributed by atoms with Gasteiger partial charge in [0.05, 0.1) is 5.69 Å². The molecule has 1 atom stereocenters. The van der Waals surface area contributed by atoms with Crippen molar-refractivity contribution in [3.8, 4) is 0 Å². The van der Waals surface area contributed by atoms with Gasteiger partial charge in [0, 0.05) is 10.9 Å². The van der Waals surface area contributed by atoms with E-state index >= 15 is 0 Å². The number of carbonyl (C=O) groups is 1. The van der Waals surface area contributed by atoms with E-state index in [0.717, 1.165) is 25.0 Å². The van der Waals surface area contributed by atoms with E-state index in [-0.39, 0.29) is 6.04 Å². The van der Waals surface area contributed by atoms with Gasteiger partial charge in [0.25, 0.3) is 0 Å². The molecule has 0 saturated heterocycles. The van der Waals surface area contributed by atoms with Gasteiger partial charge in [0.15, 0.2) is 5.13 Å². The number of amides is 1. The molecule has 18 heavy (non-hydrogen) atoms. The fourth-order valence-corrected chi connectivity index (χ4v) is 2.93. The molecule has 0 spiro atoms. The monoisotopic (exact) mass is 269 g/mol. The number of aryl methyl sites for hydroxylation is 1. The van der Waals surface area contributed by atoms with E-state index in [1.54, 1.807) is 0 Å². The fourth-order valence-electron chi connectivity index (χ4n) is 1.84. The molecular formula is C12H19N3O2S. The highest BCUT2D eigenvalue weighted by atomic mass is 32.1. The number of ether oxygens (including phenoxy) is 1. The molecule has 0 unspecified atom stereocenters. The third-order valence-electron chi connectivity index (χ3n) is 2.59. The zero-order chi connectivity index (χ0) is 13.3. The summed E-state index contributed by atoms with van der Waals surface area (Å²) < 4.78 is 5.19. The summed E-state index contributed by atoms with van der Waals surface area (Å²) in [5.41, 5.74) is 6.48. The van der Waals surface area contributed by atoms with E-state index in [1.165, 1.54) is 16.2 Å². The first-order valence-electron chi connectivity index (χ1n) is 6.07. The van der Waals surface area contributed by atoms with E-state index in [2.05, 4.69) is 10.3 Å².